The van der Waals surface area contributed by atoms with Gasteiger partial charge in [-0.3, -0.25) is 0 Å². The van der Waals surface area contributed by atoms with Crippen LogP contribution in [0.5, 0.6) is 0 Å². The SMILES string of the molecule is N#C/C(=C(/O)CSc1nncs1)c1nc2ccccc2[nH]1. The van der Waals surface area contributed by atoms with Crippen molar-refractivity contribution in [3.05, 3.63) is 41.4 Å². The zero-order valence-electron chi connectivity index (χ0n) is 10.6. The van der Waals surface area contributed by atoms with Crippen molar-refractivity contribution < 1.29 is 5.11 Å². The van der Waals surface area contributed by atoms with E-state index in [1.54, 1.807) is 5.51 Å². The Morgan fingerprint density at radius 2 is 2.29 bits per heavy atom. The Hall–Kier alpha value is -2.37. The van der Waals surface area contributed by atoms with Gasteiger partial charge < -0.3 is 10.1 Å². The normalized spacial score (nSPS) is 12.1. The first-order chi connectivity index (χ1) is 10.3. The number of allylic oxidation sites excluding steroid dienone is 1. The van der Waals surface area contributed by atoms with Crippen molar-refractivity contribution in [2.45, 2.75) is 4.34 Å². The lowest BCUT2D eigenvalue weighted by Crippen LogP contribution is -1.95. The summed E-state index contributed by atoms with van der Waals surface area (Å²) in [4.78, 5) is 7.35. The number of imidazole rings is 1. The number of H-pyrrole nitrogens is 1. The van der Waals surface area contributed by atoms with E-state index in [9.17, 15) is 10.4 Å². The second-order valence-corrected chi connectivity index (χ2v) is 6.09. The van der Waals surface area contributed by atoms with Crippen LogP contribution in [0.25, 0.3) is 16.6 Å². The minimum atomic E-state index is -0.0308. The molecule has 2 N–H and O–H groups in total. The van der Waals surface area contributed by atoms with Crippen molar-refractivity contribution in [1.29, 1.82) is 5.26 Å². The summed E-state index contributed by atoms with van der Waals surface area (Å²) >= 11 is 2.71. The highest BCUT2D eigenvalue weighted by Gasteiger charge is 2.13. The molecule has 0 aliphatic heterocycles. The third-order valence-corrected chi connectivity index (χ3v) is 4.57. The molecule has 2 aromatic heterocycles. The molecular weight excluding hydrogens is 306 g/mol. The second kappa shape index (κ2) is 5.95. The van der Waals surface area contributed by atoms with Gasteiger partial charge in [-0.1, -0.05) is 35.2 Å². The zero-order valence-corrected chi connectivity index (χ0v) is 12.3. The molecule has 0 saturated carbocycles. The average Bonchev–Trinajstić information content (AvgIpc) is 3.15. The number of rotatable bonds is 4. The number of hydrogen-bond acceptors (Lipinski definition) is 7. The van der Waals surface area contributed by atoms with E-state index in [1.807, 2.05) is 30.3 Å². The Morgan fingerprint density at radius 1 is 1.43 bits per heavy atom. The number of nitriles is 1. The van der Waals surface area contributed by atoms with E-state index < -0.39 is 0 Å². The third-order valence-electron chi connectivity index (χ3n) is 2.70. The molecule has 0 aliphatic rings. The summed E-state index contributed by atoms with van der Waals surface area (Å²) in [6.07, 6.45) is 0. The molecule has 0 aliphatic carbocycles. The molecule has 21 heavy (non-hydrogen) atoms. The van der Waals surface area contributed by atoms with Gasteiger partial charge in [0.25, 0.3) is 0 Å². The fraction of sp³-hybridized carbons (Fsp3) is 0.0769. The largest absolute Gasteiger partial charge is 0.510 e. The van der Waals surface area contributed by atoms with E-state index in [2.05, 4.69) is 20.2 Å². The molecular formula is C13H9N5OS2. The highest BCUT2D eigenvalue weighted by molar-refractivity contribution is 8.01. The van der Waals surface area contributed by atoms with E-state index in [-0.39, 0.29) is 17.1 Å². The van der Waals surface area contributed by atoms with Crippen LogP contribution >= 0.6 is 23.1 Å². The van der Waals surface area contributed by atoms with Crippen LogP contribution in [0.2, 0.25) is 0 Å². The van der Waals surface area contributed by atoms with Gasteiger partial charge in [0.1, 0.15) is 22.9 Å². The van der Waals surface area contributed by atoms with Crippen LogP contribution in [-0.4, -0.2) is 31.0 Å². The maximum absolute atomic E-state index is 10.1. The highest BCUT2D eigenvalue weighted by atomic mass is 32.2. The molecule has 3 aromatic rings. The van der Waals surface area contributed by atoms with Crippen LogP contribution in [0.3, 0.4) is 0 Å². The first kappa shape index (κ1) is 13.6. The van der Waals surface area contributed by atoms with Gasteiger partial charge in [0.15, 0.2) is 10.2 Å². The molecule has 2 heterocycles. The molecule has 104 valence electrons. The van der Waals surface area contributed by atoms with Crippen molar-refractivity contribution >= 4 is 39.7 Å². The number of hydrogen-bond donors (Lipinski definition) is 2. The van der Waals surface area contributed by atoms with Gasteiger partial charge in [0.2, 0.25) is 0 Å². The number of aromatic amines is 1. The number of para-hydroxylation sites is 2. The number of nitrogens with one attached hydrogen (secondary N) is 1. The van der Waals surface area contributed by atoms with Crippen molar-refractivity contribution in [2.75, 3.05) is 5.75 Å². The highest BCUT2D eigenvalue weighted by Crippen LogP contribution is 2.25. The van der Waals surface area contributed by atoms with Gasteiger partial charge in [-0.05, 0) is 12.1 Å². The van der Waals surface area contributed by atoms with E-state index in [0.717, 1.165) is 15.4 Å². The molecule has 0 atom stereocenters. The molecule has 1 aromatic carbocycles. The molecule has 0 spiro atoms. The molecule has 0 unspecified atom stereocenters. The fourth-order valence-electron chi connectivity index (χ4n) is 1.75. The zero-order chi connectivity index (χ0) is 14.7. The van der Waals surface area contributed by atoms with Crippen LogP contribution in [0.1, 0.15) is 5.82 Å². The van der Waals surface area contributed by atoms with Crippen LogP contribution in [0, 0.1) is 11.3 Å². The van der Waals surface area contributed by atoms with Gasteiger partial charge in [0.05, 0.1) is 16.8 Å². The first-order valence-corrected chi connectivity index (χ1v) is 7.81. The quantitative estimate of drug-likeness (QED) is 0.436. The van der Waals surface area contributed by atoms with Crippen LogP contribution in [-0.2, 0) is 0 Å². The van der Waals surface area contributed by atoms with E-state index in [0.29, 0.717) is 5.82 Å². The van der Waals surface area contributed by atoms with Gasteiger partial charge in [0, 0.05) is 0 Å². The van der Waals surface area contributed by atoms with Crippen LogP contribution < -0.4 is 0 Å². The van der Waals surface area contributed by atoms with Crippen molar-refractivity contribution in [2.24, 2.45) is 0 Å². The molecule has 6 nitrogen and oxygen atoms in total. The van der Waals surface area contributed by atoms with E-state index in [1.165, 1.54) is 23.1 Å². The molecule has 0 amide bonds. The number of aliphatic hydroxyl groups is 1. The Bertz CT molecular complexity index is 799. The summed E-state index contributed by atoms with van der Waals surface area (Å²) in [5, 5.41) is 27.0. The predicted octanol–water partition coefficient (Wildman–Crippen LogP) is 3.00. The van der Waals surface area contributed by atoms with Crippen molar-refractivity contribution in [3.8, 4) is 6.07 Å². The van der Waals surface area contributed by atoms with Crippen molar-refractivity contribution in [3.63, 3.8) is 0 Å². The number of nitrogens with zero attached hydrogens (tertiary/aromatic N) is 4. The number of aliphatic hydroxyl groups excluding tert-OH is 1. The molecule has 3 rings (SSSR count). The molecule has 8 heteroatoms. The lowest BCUT2D eigenvalue weighted by atomic mass is 10.2. The summed E-state index contributed by atoms with van der Waals surface area (Å²) in [5.74, 6) is 0.584. The van der Waals surface area contributed by atoms with Gasteiger partial charge >= 0.3 is 0 Å². The van der Waals surface area contributed by atoms with Crippen LogP contribution in [0.15, 0.2) is 39.9 Å². The third kappa shape index (κ3) is 2.89. The molecule has 0 radical (unpaired) electrons. The van der Waals surface area contributed by atoms with Crippen molar-refractivity contribution in [1.82, 2.24) is 20.2 Å². The monoisotopic (exact) mass is 315 g/mol. The number of thioether (sulfide) groups is 1. The summed E-state index contributed by atoms with van der Waals surface area (Å²) in [7, 11) is 0. The van der Waals surface area contributed by atoms with E-state index >= 15 is 0 Å². The van der Waals surface area contributed by atoms with Gasteiger partial charge in [-0.15, -0.1) is 10.2 Å². The Labute approximate surface area is 128 Å². The molecule has 0 fully saturated rings. The smallest absolute Gasteiger partial charge is 0.174 e. The Kier molecular flexibility index (Phi) is 3.85. The predicted molar refractivity (Wildman–Crippen MR) is 81.9 cm³/mol. The minimum absolute atomic E-state index is 0.0308. The van der Waals surface area contributed by atoms with Gasteiger partial charge in [-0.25, -0.2) is 4.98 Å². The molecule has 0 bridgehead atoms. The molecule has 0 saturated heterocycles. The maximum Gasteiger partial charge on any atom is 0.174 e. The van der Waals surface area contributed by atoms with E-state index in [4.69, 9.17) is 0 Å². The second-order valence-electron chi connectivity index (χ2n) is 4.03. The summed E-state index contributed by atoms with van der Waals surface area (Å²) in [6, 6.07) is 9.46. The summed E-state index contributed by atoms with van der Waals surface area (Å²) in [6.45, 7) is 0. The maximum atomic E-state index is 10.1. The Morgan fingerprint density at radius 3 is 3.00 bits per heavy atom. The minimum Gasteiger partial charge on any atom is -0.510 e. The first-order valence-electron chi connectivity index (χ1n) is 5.94. The Balaban J connectivity index is 1.89. The standard InChI is InChI=1S/C13H9N5OS2/c14-5-8(11(19)6-20-13-18-15-7-21-13)12-16-9-3-1-2-4-10(9)17-12/h1-4,7,19H,6H2,(H,16,17)/b11-8-. The fourth-order valence-corrected chi connectivity index (χ4v) is 3.12. The lowest BCUT2D eigenvalue weighted by Gasteiger charge is -2.00. The van der Waals surface area contributed by atoms with Crippen LogP contribution in [0.4, 0.5) is 0 Å². The summed E-state index contributed by atoms with van der Waals surface area (Å²) in [5.41, 5.74) is 3.34. The summed E-state index contributed by atoms with van der Waals surface area (Å²) < 4.78 is 0.739. The van der Waals surface area contributed by atoms with Gasteiger partial charge in [-0.2, -0.15) is 5.26 Å². The topological polar surface area (TPSA) is 98.5 Å². The lowest BCUT2D eigenvalue weighted by molar-refractivity contribution is 0.420. The number of aromatic nitrogens is 4. The average molecular weight is 315 g/mol. The number of benzene rings is 1. The number of fused-ring (bicyclic) bond motifs is 1.